The van der Waals surface area contributed by atoms with E-state index in [0.29, 0.717) is 18.1 Å². The van der Waals surface area contributed by atoms with Crippen LogP contribution in [0.3, 0.4) is 0 Å². The first-order valence-electron chi connectivity index (χ1n) is 12.6. The summed E-state index contributed by atoms with van der Waals surface area (Å²) in [6.45, 7) is 5.18. The Bertz CT molecular complexity index is 1320. The molecule has 1 aromatic heterocycles. The number of nitrogens with zero attached hydrogens (tertiary/aromatic N) is 3. The third kappa shape index (κ3) is 6.64. The normalized spacial score (nSPS) is 14.2. The van der Waals surface area contributed by atoms with Crippen LogP contribution in [0.2, 0.25) is 0 Å². The topological polar surface area (TPSA) is 68.7 Å². The zero-order valence-corrected chi connectivity index (χ0v) is 21.1. The lowest BCUT2D eigenvalue weighted by Gasteiger charge is -2.26. The summed E-state index contributed by atoms with van der Waals surface area (Å²) < 4.78 is 17.1. The molecule has 7 heteroatoms. The number of hydrogen-bond donors (Lipinski definition) is 1. The van der Waals surface area contributed by atoms with Crippen LogP contribution < -0.4 is 14.8 Å². The van der Waals surface area contributed by atoms with E-state index in [9.17, 15) is 0 Å². The van der Waals surface area contributed by atoms with E-state index in [1.807, 2.05) is 42.5 Å². The molecule has 1 aliphatic heterocycles. The maximum absolute atomic E-state index is 6.14. The molecule has 1 N–H and O–H groups in total. The molecule has 7 nitrogen and oxygen atoms in total. The summed E-state index contributed by atoms with van der Waals surface area (Å²) in [5.74, 6) is 2.08. The smallest absolute Gasteiger partial charge is 0.162 e. The molecular formula is C30H32N4O3. The molecule has 1 saturated heterocycles. The molecule has 0 atom stereocenters. The van der Waals surface area contributed by atoms with Crippen LogP contribution in [0.1, 0.15) is 17.5 Å². The zero-order chi connectivity index (χ0) is 25.3. The first kappa shape index (κ1) is 24.7. The van der Waals surface area contributed by atoms with E-state index in [-0.39, 0.29) is 0 Å². The minimum Gasteiger partial charge on any atom is -0.493 e. The van der Waals surface area contributed by atoms with E-state index < -0.39 is 0 Å². The molecule has 0 bridgehead atoms. The molecule has 0 spiro atoms. The van der Waals surface area contributed by atoms with Crippen LogP contribution >= 0.6 is 0 Å². The number of nitrogens with one attached hydrogen (secondary N) is 1. The first-order chi connectivity index (χ1) is 18.3. The van der Waals surface area contributed by atoms with Crippen molar-refractivity contribution in [2.24, 2.45) is 0 Å². The van der Waals surface area contributed by atoms with E-state index in [4.69, 9.17) is 14.2 Å². The minimum atomic E-state index is 0.605. The third-order valence-electron chi connectivity index (χ3n) is 6.34. The Morgan fingerprint density at radius 1 is 0.919 bits per heavy atom. The van der Waals surface area contributed by atoms with Gasteiger partial charge in [0.15, 0.2) is 11.5 Å². The Morgan fingerprint density at radius 3 is 2.43 bits per heavy atom. The molecule has 0 radical (unpaired) electrons. The third-order valence-corrected chi connectivity index (χ3v) is 6.34. The molecule has 1 aliphatic rings. The predicted octanol–water partition coefficient (Wildman–Crippen LogP) is 5.65. The fraction of sp³-hybridized carbons (Fsp3) is 0.267. The molecular weight excluding hydrogens is 464 g/mol. The van der Waals surface area contributed by atoms with Crippen LogP contribution in [0.15, 0.2) is 73.1 Å². The highest BCUT2D eigenvalue weighted by Crippen LogP contribution is 2.35. The number of benzene rings is 3. The van der Waals surface area contributed by atoms with Gasteiger partial charge in [0.25, 0.3) is 0 Å². The Morgan fingerprint density at radius 2 is 1.68 bits per heavy atom. The molecule has 4 aromatic rings. The average molecular weight is 497 g/mol. The van der Waals surface area contributed by atoms with Gasteiger partial charge in [-0.25, -0.2) is 9.97 Å². The molecule has 0 amide bonds. The largest absolute Gasteiger partial charge is 0.493 e. The van der Waals surface area contributed by atoms with Crippen LogP contribution in [-0.2, 0) is 4.74 Å². The molecule has 190 valence electrons. The molecule has 3 aromatic carbocycles. The molecule has 2 heterocycles. The van der Waals surface area contributed by atoms with Gasteiger partial charge in [0.1, 0.15) is 12.1 Å². The van der Waals surface area contributed by atoms with Gasteiger partial charge in [-0.3, -0.25) is 4.90 Å². The van der Waals surface area contributed by atoms with Gasteiger partial charge in [-0.15, -0.1) is 0 Å². The Labute approximate surface area is 217 Å². The van der Waals surface area contributed by atoms with Crippen LogP contribution in [0.4, 0.5) is 11.5 Å². The van der Waals surface area contributed by atoms with Crippen molar-refractivity contribution < 1.29 is 14.2 Å². The van der Waals surface area contributed by atoms with Crippen LogP contribution in [0.25, 0.3) is 23.1 Å². The maximum atomic E-state index is 6.14. The number of hydrogen-bond acceptors (Lipinski definition) is 7. The van der Waals surface area contributed by atoms with Crippen LogP contribution in [-0.4, -0.2) is 61.4 Å². The van der Waals surface area contributed by atoms with Crippen molar-refractivity contribution in [2.75, 3.05) is 51.9 Å². The lowest BCUT2D eigenvalue weighted by Crippen LogP contribution is -2.37. The number of aromatic nitrogens is 2. The summed E-state index contributed by atoms with van der Waals surface area (Å²) in [4.78, 5) is 11.4. The summed E-state index contributed by atoms with van der Waals surface area (Å²) in [5.41, 5.74) is 4.03. The van der Waals surface area contributed by atoms with Crippen molar-refractivity contribution in [3.05, 3.63) is 84.2 Å². The van der Waals surface area contributed by atoms with Crippen molar-refractivity contribution in [3.63, 3.8) is 0 Å². The van der Waals surface area contributed by atoms with Crippen molar-refractivity contribution >= 4 is 34.6 Å². The van der Waals surface area contributed by atoms with E-state index in [1.165, 1.54) is 5.56 Å². The van der Waals surface area contributed by atoms with Gasteiger partial charge in [0.2, 0.25) is 0 Å². The van der Waals surface area contributed by atoms with Gasteiger partial charge in [0, 0.05) is 36.8 Å². The second-order valence-corrected chi connectivity index (χ2v) is 8.89. The van der Waals surface area contributed by atoms with Crippen molar-refractivity contribution in [1.82, 2.24) is 14.9 Å². The van der Waals surface area contributed by atoms with Crippen molar-refractivity contribution in [1.29, 1.82) is 0 Å². The number of morpholine rings is 1. The Kier molecular flexibility index (Phi) is 8.25. The van der Waals surface area contributed by atoms with Gasteiger partial charge in [-0.2, -0.15) is 0 Å². The molecule has 0 unspecified atom stereocenters. The number of fused-ring (bicyclic) bond motifs is 1. The fourth-order valence-corrected chi connectivity index (χ4v) is 4.30. The quantitative estimate of drug-likeness (QED) is 0.225. The second kappa shape index (κ2) is 12.3. The standard InChI is InChI=1S/C30H32N4O3/c1-35-28-21-27-26(20-29(28)37-17-5-14-34-15-18-36-19-16-34)30(32-22-31-27)33-25-12-10-24(11-13-25)9-8-23-6-3-2-4-7-23/h2-4,6-13,20-22H,5,14-19H2,1H3,(H,31,32,33)/b9-8+. The predicted molar refractivity (Wildman–Crippen MR) is 149 cm³/mol. The number of methoxy groups -OCH3 is 1. The van der Waals surface area contributed by atoms with Gasteiger partial charge in [-0.05, 0) is 35.7 Å². The van der Waals surface area contributed by atoms with Crippen molar-refractivity contribution in [3.8, 4) is 11.5 Å². The van der Waals surface area contributed by atoms with Gasteiger partial charge in [-0.1, -0.05) is 54.6 Å². The molecule has 37 heavy (non-hydrogen) atoms. The Balaban J connectivity index is 1.27. The van der Waals surface area contributed by atoms with E-state index in [1.54, 1.807) is 13.4 Å². The average Bonchev–Trinajstić information content (AvgIpc) is 2.96. The van der Waals surface area contributed by atoms with Crippen LogP contribution in [0.5, 0.6) is 11.5 Å². The highest BCUT2D eigenvalue weighted by molar-refractivity contribution is 5.93. The van der Waals surface area contributed by atoms with E-state index >= 15 is 0 Å². The molecule has 1 fully saturated rings. The molecule has 5 rings (SSSR count). The monoisotopic (exact) mass is 496 g/mol. The second-order valence-electron chi connectivity index (χ2n) is 8.89. The highest BCUT2D eigenvalue weighted by Gasteiger charge is 2.13. The highest BCUT2D eigenvalue weighted by atomic mass is 16.5. The van der Waals surface area contributed by atoms with Crippen LogP contribution in [0, 0.1) is 0 Å². The maximum Gasteiger partial charge on any atom is 0.162 e. The van der Waals surface area contributed by atoms with E-state index in [2.05, 4.69) is 56.6 Å². The van der Waals surface area contributed by atoms with Crippen molar-refractivity contribution in [2.45, 2.75) is 6.42 Å². The first-order valence-corrected chi connectivity index (χ1v) is 12.6. The lowest BCUT2D eigenvalue weighted by molar-refractivity contribution is 0.0357. The summed E-state index contributed by atoms with van der Waals surface area (Å²) in [6, 6.07) is 22.4. The summed E-state index contributed by atoms with van der Waals surface area (Å²) in [7, 11) is 1.65. The van der Waals surface area contributed by atoms with Gasteiger partial charge < -0.3 is 19.5 Å². The number of rotatable bonds is 10. The summed E-state index contributed by atoms with van der Waals surface area (Å²) in [5, 5.41) is 4.31. The lowest BCUT2D eigenvalue weighted by atomic mass is 10.1. The number of ether oxygens (including phenoxy) is 3. The number of anilines is 2. The Hall–Kier alpha value is -3.94. The molecule has 0 aliphatic carbocycles. The fourth-order valence-electron chi connectivity index (χ4n) is 4.30. The van der Waals surface area contributed by atoms with Gasteiger partial charge in [0.05, 0.1) is 32.4 Å². The minimum absolute atomic E-state index is 0.605. The SMILES string of the molecule is COc1cc2ncnc(Nc3ccc(/C=C/c4ccccc4)cc3)c2cc1OCCCN1CCOCC1. The zero-order valence-electron chi connectivity index (χ0n) is 21.1. The molecule has 0 saturated carbocycles. The summed E-state index contributed by atoms with van der Waals surface area (Å²) >= 11 is 0. The van der Waals surface area contributed by atoms with E-state index in [0.717, 1.165) is 67.2 Å². The summed E-state index contributed by atoms with van der Waals surface area (Å²) in [6.07, 6.45) is 6.71. The van der Waals surface area contributed by atoms with Gasteiger partial charge >= 0.3 is 0 Å².